The number of methoxy groups -OCH3 is 1. The zero-order valence-electron chi connectivity index (χ0n) is 11.6. The Labute approximate surface area is 114 Å². The van der Waals surface area contributed by atoms with Crippen molar-refractivity contribution in [2.24, 2.45) is 5.84 Å². The van der Waals surface area contributed by atoms with E-state index in [0.717, 1.165) is 11.3 Å². The number of hydrogen-bond acceptors (Lipinski definition) is 3. The summed E-state index contributed by atoms with van der Waals surface area (Å²) in [6, 6.07) is 14.2. The van der Waals surface area contributed by atoms with Gasteiger partial charge in [0.2, 0.25) is 0 Å². The first-order chi connectivity index (χ1) is 9.17. The molecule has 0 fully saturated rings. The minimum absolute atomic E-state index is 0.00851. The molecule has 3 heteroatoms. The van der Waals surface area contributed by atoms with Gasteiger partial charge in [-0.15, -0.1) is 0 Å². The Morgan fingerprint density at radius 3 is 2.32 bits per heavy atom. The van der Waals surface area contributed by atoms with Crippen LogP contribution in [0.15, 0.2) is 42.5 Å². The van der Waals surface area contributed by atoms with Gasteiger partial charge in [-0.25, -0.2) is 5.43 Å². The first-order valence-corrected chi connectivity index (χ1v) is 6.33. The molecular weight excluding hydrogens is 236 g/mol. The van der Waals surface area contributed by atoms with Gasteiger partial charge < -0.3 is 4.74 Å². The first kappa shape index (κ1) is 13.6. The number of nitrogens with two attached hydrogens (primary N) is 1. The third-order valence-corrected chi connectivity index (χ3v) is 3.57. The molecule has 2 rings (SSSR count). The topological polar surface area (TPSA) is 47.3 Å². The molecule has 0 bridgehead atoms. The lowest BCUT2D eigenvalue weighted by Gasteiger charge is -2.20. The fraction of sp³-hybridized carbons (Fsp3) is 0.250. The number of hydrazine groups is 1. The second-order valence-corrected chi connectivity index (χ2v) is 4.66. The molecule has 1 unspecified atom stereocenters. The minimum Gasteiger partial charge on any atom is -0.497 e. The van der Waals surface area contributed by atoms with Gasteiger partial charge in [0.25, 0.3) is 0 Å². The molecule has 0 aromatic heterocycles. The van der Waals surface area contributed by atoms with Crippen LogP contribution in [-0.4, -0.2) is 7.11 Å². The normalized spacial score (nSPS) is 12.2. The van der Waals surface area contributed by atoms with E-state index in [1.54, 1.807) is 7.11 Å². The molecule has 0 amide bonds. The summed E-state index contributed by atoms with van der Waals surface area (Å²) >= 11 is 0. The van der Waals surface area contributed by atoms with Crippen LogP contribution in [0.25, 0.3) is 0 Å². The van der Waals surface area contributed by atoms with E-state index in [2.05, 4.69) is 37.5 Å². The smallest absolute Gasteiger partial charge is 0.118 e. The van der Waals surface area contributed by atoms with Crippen molar-refractivity contribution in [3.05, 3.63) is 64.7 Å². The highest BCUT2D eigenvalue weighted by Crippen LogP contribution is 2.27. The van der Waals surface area contributed by atoms with Crippen molar-refractivity contribution in [3.8, 4) is 5.75 Å². The van der Waals surface area contributed by atoms with Crippen LogP contribution in [0.1, 0.15) is 28.3 Å². The summed E-state index contributed by atoms with van der Waals surface area (Å²) in [5, 5.41) is 0. The quantitative estimate of drug-likeness (QED) is 0.653. The van der Waals surface area contributed by atoms with E-state index < -0.39 is 0 Å². The summed E-state index contributed by atoms with van der Waals surface area (Å²) in [4.78, 5) is 0. The third kappa shape index (κ3) is 2.78. The Hall–Kier alpha value is -1.84. The van der Waals surface area contributed by atoms with E-state index in [0.29, 0.717) is 0 Å². The molecule has 0 saturated heterocycles. The largest absolute Gasteiger partial charge is 0.497 e. The first-order valence-electron chi connectivity index (χ1n) is 6.33. The van der Waals surface area contributed by atoms with Crippen LogP contribution in [0.5, 0.6) is 5.75 Å². The lowest BCUT2D eigenvalue weighted by atomic mass is 9.93. The van der Waals surface area contributed by atoms with Crippen molar-refractivity contribution >= 4 is 0 Å². The molecule has 0 saturated carbocycles. The van der Waals surface area contributed by atoms with E-state index in [-0.39, 0.29) is 6.04 Å². The van der Waals surface area contributed by atoms with Gasteiger partial charge in [-0.05, 0) is 48.2 Å². The molecular formula is C16H20N2O. The van der Waals surface area contributed by atoms with Crippen LogP contribution in [0.4, 0.5) is 0 Å². The summed E-state index contributed by atoms with van der Waals surface area (Å²) in [7, 11) is 1.67. The molecule has 0 aliphatic heterocycles. The molecule has 0 aliphatic rings. The predicted molar refractivity (Wildman–Crippen MR) is 78.1 cm³/mol. The molecule has 0 heterocycles. The number of benzene rings is 2. The van der Waals surface area contributed by atoms with Crippen molar-refractivity contribution in [2.45, 2.75) is 19.9 Å². The van der Waals surface area contributed by atoms with Crippen LogP contribution < -0.4 is 16.0 Å². The average molecular weight is 256 g/mol. The fourth-order valence-corrected chi connectivity index (χ4v) is 2.25. The predicted octanol–water partition coefficient (Wildman–Crippen LogP) is 2.86. The van der Waals surface area contributed by atoms with Crippen molar-refractivity contribution in [2.75, 3.05) is 7.11 Å². The van der Waals surface area contributed by atoms with Gasteiger partial charge in [-0.2, -0.15) is 0 Å². The Balaban J connectivity index is 2.40. The van der Waals surface area contributed by atoms with Crippen LogP contribution in [0, 0.1) is 13.8 Å². The van der Waals surface area contributed by atoms with Crippen molar-refractivity contribution in [3.63, 3.8) is 0 Å². The van der Waals surface area contributed by atoms with E-state index in [4.69, 9.17) is 10.6 Å². The second-order valence-electron chi connectivity index (χ2n) is 4.66. The number of hydrogen-bond donors (Lipinski definition) is 2. The number of aryl methyl sites for hydroxylation is 1. The Morgan fingerprint density at radius 2 is 1.74 bits per heavy atom. The lowest BCUT2D eigenvalue weighted by Crippen LogP contribution is -2.29. The fourth-order valence-electron chi connectivity index (χ4n) is 2.25. The number of ether oxygens (including phenoxy) is 1. The Morgan fingerprint density at radius 1 is 1.05 bits per heavy atom. The summed E-state index contributed by atoms with van der Waals surface area (Å²) in [6.07, 6.45) is 0. The SMILES string of the molecule is COc1ccc(C(NN)c2cccc(C)c2C)cc1. The molecule has 100 valence electrons. The zero-order chi connectivity index (χ0) is 13.8. The summed E-state index contributed by atoms with van der Waals surface area (Å²) < 4.78 is 5.18. The second kappa shape index (κ2) is 5.87. The number of rotatable bonds is 4. The van der Waals surface area contributed by atoms with E-state index in [1.165, 1.54) is 16.7 Å². The molecule has 3 N–H and O–H groups in total. The number of nitrogens with one attached hydrogen (secondary N) is 1. The Kier molecular flexibility index (Phi) is 4.20. The molecule has 0 spiro atoms. The lowest BCUT2D eigenvalue weighted by molar-refractivity contribution is 0.414. The standard InChI is InChI=1S/C16H20N2O/c1-11-5-4-6-15(12(11)2)16(18-17)13-7-9-14(19-3)10-8-13/h4-10,16,18H,17H2,1-3H3. The van der Waals surface area contributed by atoms with Gasteiger partial charge in [0.05, 0.1) is 13.2 Å². The monoisotopic (exact) mass is 256 g/mol. The molecule has 0 aliphatic carbocycles. The highest BCUT2D eigenvalue weighted by Gasteiger charge is 2.15. The highest BCUT2D eigenvalue weighted by molar-refractivity contribution is 5.41. The molecule has 1 atom stereocenters. The minimum atomic E-state index is -0.00851. The highest BCUT2D eigenvalue weighted by atomic mass is 16.5. The molecule has 19 heavy (non-hydrogen) atoms. The third-order valence-electron chi connectivity index (χ3n) is 3.57. The van der Waals surface area contributed by atoms with Crippen LogP contribution in [0.3, 0.4) is 0 Å². The van der Waals surface area contributed by atoms with E-state index in [9.17, 15) is 0 Å². The zero-order valence-corrected chi connectivity index (χ0v) is 11.6. The van der Waals surface area contributed by atoms with Crippen LogP contribution in [-0.2, 0) is 0 Å². The Bertz CT molecular complexity index is 549. The van der Waals surface area contributed by atoms with Gasteiger partial charge in [-0.1, -0.05) is 30.3 Å². The van der Waals surface area contributed by atoms with Gasteiger partial charge in [0.15, 0.2) is 0 Å². The maximum absolute atomic E-state index is 5.75. The van der Waals surface area contributed by atoms with Gasteiger partial charge in [0, 0.05) is 0 Å². The molecule has 3 nitrogen and oxygen atoms in total. The van der Waals surface area contributed by atoms with Gasteiger partial charge >= 0.3 is 0 Å². The van der Waals surface area contributed by atoms with E-state index >= 15 is 0 Å². The summed E-state index contributed by atoms with van der Waals surface area (Å²) in [5.41, 5.74) is 7.76. The average Bonchev–Trinajstić information content (AvgIpc) is 2.45. The maximum atomic E-state index is 5.75. The van der Waals surface area contributed by atoms with Crippen molar-refractivity contribution in [1.29, 1.82) is 0 Å². The van der Waals surface area contributed by atoms with Crippen molar-refractivity contribution in [1.82, 2.24) is 5.43 Å². The van der Waals surface area contributed by atoms with Crippen LogP contribution in [0.2, 0.25) is 0 Å². The molecule has 0 radical (unpaired) electrons. The molecule has 2 aromatic rings. The summed E-state index contributed by atoms with van der Waals surface area (Å²) in [5.74, 6) is 6.59. The molecule has 2 aromatic carbocycles. The summed E-state index contributed by atoms with van der Waals surface area (Å²) in [6.45, 7) is 4.24. The van der Waals surface area contributed by atoms with Gasteiger partial charge in [-0.3, -0.25) is 5.84 Å². The van der Waals surface area contributed by atoms with Crippen molar-refractivity contribution < 1.29 is 4.74 Å². The van der Waals surface area contributed by atoms with Gasteiger partial charge in [0.1, 0.15) is 5.75 Å². The van der Waals surface area contributed by atoms with Crippen LogP contribution >= 0.6 is 0 Å². The van der Waals surface area contributed by atoms with E-state index in [1.807, 2.05) is 24.3 Å². The maximum Gasteiger partial charge on any atom is 0.118 e.